The molecule has 2 N–H and O–H groups in total. The van der Waals surface area contributed by atoms with E-state index in [1.165, 1.54) is 0 Å². The van der Waals surface area contributed by atoms with Gasteiger partial charge in [-0.2, -0.15) is 0 Å². The predicted octanol–water partition coefficient (Wildman–Crippen LogP) is 3.18. The summed E-state index contributed by atoms with van der Waals surface area (Å²) in [5.74, 6) is -1.11. The lowest BCUT2D eigenvalue weighted by molar-refractivity contribution is -0.175. The van der Waals surface area contributed by atoms with E-state index in [1.807, 2.05) is 27.7 Å². The van der Waals surface area contributed by atoms with Crippen molar-refractivity contribution in [2.45, 2.75) is 66.1 Å². The monoisotopic (exact) mass is 357 g/mol. The molecule has 7 heteroatoms. The van der Waals surface area contributed by atoms with Gasteiger partial charge in [0.25, 0.3) is 6.29 Å². The Balaban J connectivity index is 2.35. The standard InChI is InChI=1S/C18H31NO6/c1-11(2)9-15(20)24-17(12(3)4)25-18(23)19-10-13-5-7-14(8-6-13)16(21)22/h11-14,17H,5-10H2,1-4H3,(H,19,23)(H,21,22)/t13-,14-,17?. The molecule has 1 fully saturated rings. The van der Waals surface area contributed by atoms with E-state index in [0.29, 0.717) is 19.4 Å². The van der Waals surface area contributed by atoms with Crippen LogP contribution in [0, 0.1) is 23.7 Å². The van der Waals surface area contributed by atoms with Crippen molar-refractivity contribution in [2.24, 2.45) is 23.7 Å². The molecule has 1 aliphatic rings. The van der Waals surface area contributed by atoms with Gasteiger partial charge in [0.05, 0.1) is 5.92 Å². The molecule has 0 radical (unpaired) electrons. The molecule has 0 aromatic rings. The van der Waals surface area contributed by atoms with E-state index in [4.69, 9.17) is 14.6 Å². The van der Waals surface area contributed by atoms with Crippen molar-refractivity contribution < 1.29 is 29.0 Å². The summed E-state index contributed by atoms with van der Waals surface area (Å²) >= 11 is 0. The van der Waals surface area contributed by atoms with Crippen LogP contribution >= 0.6 is 0 Å². The molecule has 1 unspecified atom stereocenters. The van der Waals surface area contributed by atoms with Crippen LogP contribution in [-0.2, 0) is 19.1 Å². The molecule has 1 saturated carbocycles. The molecule has 1 amide bonds. The zero-order valence-corrected chi connectivity index (χ0v) is 15.6. The van der Waals surface area contributed by atoms with Crippen LogP contribution in [0.3, 0.4) is 0 Å². The third-order valence-electron chi connectivity index (χ3n) is 4.32. The van der Waals surface area contributed by atoms with Crippen molar-refractivity contribution in [1.29, 1.82) is 0 Å². The van der Waals surface area contributed by atoms with Gasteiger partial charge in [-0.25, -0.2) is 4.79 Å². The summed E-state index contributed by atoms with van der Waals surface area (Å²) in [6.07, 6.45) is 1.57. The lowest BCUT2D eigenvalue weighted by atomic mass is 9.82. The topological polar surface area (TPSA) is 102 Å². The van der Waals surface area contributed by atoms with Crippen molar-refractivity contribution in [3.05, 3.63) is 0 Å². The minimum Gasteiger partial charge on any atom is -0.481 e. The quantitative estimate of drug-likeness (QED) is 0.511. The van der Waals surface area contributed by atoms with Gasteiger partial charge in [0.2, 0.25) is 0 Å². The van der Waals surface area contributed by atoms with Crippen LogP contribution in [0.4, 0.5) is 4.79 Å². The van der Waals surface area contributed by atoms with Crippen LogP contribution in [0.15, 0.2) is 0 Å². The Labute approximate surface area is 149 Å². The first-order valence-corrected chi connectivity index (χ1v) is 9.05. The van der Waals surface area contributed by atoms with E-state index in [2.05, 4.69) is 5.32 Å². The number of alkyl carbamates (subject to hydrolysis) is 1. The molecule has 1 aliphatic carbocycles. The summed E-state index contributed by atoms with van der Waals surface area (Å²) in [6.45, 7) is 7.90. The number of hydrogen-bond donors (Lipinski definition) is 2. The number of carboxylic acids is 1. The Morgan fingerprint density at radius 1 is 1.04 bits per heavy atom. The molecule has 7 nitrogen and oxygen atoms in total. The molecule has 0 saturated heterocycles. The molecule has 0 aromatic carbocycles. The number of rotatable bonds is 8. The number of aliphatic carboxylic acids is 1. The Morgan fingerprint density at radius 3 is 2.12 bits per heavy atom. The van der Waals surface area contributed by atoms with Crippen LogP contribution in [0.1, 0.15) is 59.8 Å². The average molecular weight is 357 g/mol. The van der Waals surface area contributed by atoms with Gasteiger partial charge in [0.1, 0.15) is 0 Å². The van der Waals surface area contributed by atoms with Gasteiger partial charge in [0.15, 0.2) is 0 Å². The SMILES string of the molecule is CC(C)CC(=O)OC(OC(=O)NC[C@H]1CC[C@H](C(=O)O)CC1)C(C)C. The zero-order chi connectivity index (χ0) is 19.0. The normalized spacial score (nSPS) is 21.7. The molecular weight excluding hydrogens is 326 g/mol. The van der Waals surface area contributed by atoms with Gasteiger partial charge in [-0.1, -0.05) is 27.7 Å². The van der Waals surface area contributed by atoms with Gasteiger partial charge in [-0.3, -0.25) is 9.59 Å². The number of amides is 1. The second-order valence-electron chi connectivity index (χ2n) is 7.54. The minimum absolute atomic E-state index is 0.145. The van der Waals surface area contributed by atoms with Gasteiger partial charge < -0.3 is 19.9 Å². The second kappa shape index (κ2) is 10.3. The molecule has 0 aromatic heterocycles. The summed E-state index contributed by atoms with van der Waals surface area (Å²) in [4.78, 5) is 34.7. The maximum Gasteiger partial charge on any atom is 0.410 e. The summed E-state index contributed by atoms with van der Waals surface area (Å²) in [5.41, 5.74) is 0. The Hall–Kier alpha value is -1.79. The molecule has 144 valence electrons. The maximum atomic E-state index is 12.0. The smallest absolute Gasteiger partial charge is 0.410 e. The van der Waals surface area contributed by atoms with Crippen molar-refractivity contribution >= 4 is 18.0 Å². The van der Waals surface area contributed by atoms with Crippen molar-refractivity contribution in [2.75, 3.05) is 6.54 Å². The van der Waals surface area contributed by atoms with E-state index in [9.17, 15) is 14.4 Å². The highest BCUT2D eigenvalue weighted by Gasteiger charge is 2.27. The summed E-state index contributed by atoms with van der Waals surface area (Å²) in [5, 5.41) is 11.7. The van der Waals surface area contributed by atoms with Gasteiger partial charge in [-0.15, -0.1) is 0 Å². The summed E-state index contributed by atoms with van der Waals surface area (Å²) in [6, 6.07) is 0. The molecule has 0 bridgehead atoms. The third-order valence-corrected chi connectivity index (χ3v) is 4.32. The lowest BCUT2D eigenvalue weighted by Gasteiger charge is -2.27. The Bertz CT molecular complexity index is 454. The summed E-state index contributed by atoms with van der Waals surface area (Å²) < 4.78 is 10.5. The van der Waals surface area contributed by atoms with Crippen LogP contribution < -0.4 is 5.32 Å². The average Bonchev–Trinajstić information content (AvgIpc) is 2.51. The van der Waals surface area contributed by atoms with Crippen LogP contribution in [0.2, 0.25) is 0 Å². The second-order valence-corrected chi connectivity index (χ2v) is 7.54. The number of nitrogens with one attached hydrogen (secondary N) is 1. The number of carbonyl (C=O) groups is 3. The highest BCUT2D eigenvalue weighted by molar-refractivity contribution is 5.71. The molecule has 1 rings (SSSR count). The van der Waals surface area contributed by atoms with Crippen molar-refractivity contribution in [3.63, 3.8) is 0 Å². The first-order chi connectivity index (χ1) is 11.7. The largest absolute Gasteiger partial charge is 0.481 e. The van der Waals surface area contributed by atoms with Gasteiger partial charge in [-0.05, 0) is 37.5 Å². The van der Waals surface area contributed by atoms with E-state index < -0.39 is 18.4 Å². The van der Waals surface area contributed by atoms with Gasteiger partial charge in [0, 0.05) is 18.9 Å². The van der Waals surface area contributed by atoms with Crippen LogP contribution in [0.5, 0.6) is 0 Å². The lowest BCUT2D eigenvalue weighted by Crippen LogP contribution is -2.37. The Morgan fingerprint density at radius 2 is 1.64 bits per heavy atom. The number of carbonyl (C=O) groups excluding carboxylic acids is 2. The first kappa shape index (κ1) is 21.3. The number of hydrogen-bond acceptors (Lipinski definition) is 5. The van der Waals surface area contributed by atoms with Crippen molar-refractivity contribution in [1.82, 2.24) is 5.32 Å². The maximum absolute atomic E-state index is 12.0. The van der Waals surface area contributed by atoms with Gasteiger partial charge >= 0.3 is 18.0 Å². The molecular formula is C18H31NO6. The van der Waals surface area contributed by atoms with E-state index in [-0.39, 0.29) is 36.1 Å². The summed E-state index contributed by atoms with van der Waals surface area (Å²) in [7, 11) is 0. The Kier molecular flexibility index (Phi) is 8.72. The highest BCUT2D eigenvalue weighted by atomic mass is 16.7. The number of carboxylic acid groups (broad SMARTS) is 1. The number of esters is 1. The molecule has 25 heavy (non-hydrogen) atoms. The molecule has 1 atom stereocenters. The predicted molar refractivity (Wildman–Crippen MR) is 91.7 cm³/mol. The minimum atomic E-state index is -0.908. The fourth-order valence-corrected chi connectivity index (χ4v) is 2.80. The van der Waals surface area contributed by atoms with E-state index in [0.717, 1.165) is 12.8 Å². The number of ether oxygens (including phenoxy) is 2. The fourth-order valence-electron chi connectivity index (χ4n) is 2.80. The van der Waals surface area contributed by atoms with Crippen LogP contribution in [-0.4, -0.2) is 36.0 Å². The molecule has 0 spiro atoms. The van der Waals surface area contributed by atoms with Crippen molar-refractivity contribution in [3.8, 4) is 0 Å². The van der Waals surface area contributed by atoms with Crippen LogP contribution in [0.25, 0.3) is 0 Å². The third kappa shape index (κ3) is 8.23. The fraction of sp³-hybridized carbons (Fsp3) is 0.833. The molecule has 0 aliphatic heterocycles. The van der Waals surface area contributed by atoms with E-state index in [1.54, 1.807) is 0 Å². The molecule has 0 heterocycles. The zero-order valence-electron chi connectivity index (χ0n) is 15.6. The first-order valence-electron chi connectivity index (χ1n) is 9.05. The van der Waals surface area contributed by atoms with E-state index >= 15 is 0 Å². The highest BCUT2D eigenvalue weighted by Crippen LogP contribution is 2.28.